The summed E-state index contributed by atoms with van der Waals surface area (Å²) in [5.41, 5.74) is 0. The third-order valence-corrected chi connectivity index (χ3v) is 4.66. The van der Waals surface area contributed by atoms with Crippen LogP contribution in [0.4, 0.5) is 0 Å². The summed E-state index contributed by atoms with van der Waals surface area (Å²) < 4.78 is 0. The van der Waals surface area contributed by atoms with Crippen LogP contribution in [-0.4, -0.2) is 47.5 Å². The van der Waals surface area contributed by atoms with Crippen LogP contribution in [0, 0.1) is 5.92 Å². The molecule has 0 aromatic carbocycles. The molecule has 98 valence electrons. The highest BCUT2D eigenvalue weighted by Gasteiger charge is 2.24. The molecule has 0 aliphatic carbocycles. The second-order valence-electron chi connectivity index (χ2n) is 5.57. The summed E-state index contributed by atoms with van der Waals surface area (Å²) in [5.74, 6) is 1.99. The summed E-state index contributed by atoms with van der Waals surface area (Å²) in [6.07, 6.45) is 2.57. The molecule has 0 aromatic heterocycles. The molecule has 0 radical (unpaired) electrons. The average molecular weight is 255 g/mol. The minimum Gasteiger partial charge on any atom is -0.362 e. The molecular formula is C13H25N3S. The first-order valence-electron chi connectivity index (χ1n) is 6.83. The van der Waals surface area contributed by atoms with E-state index >= 15 is 0 Å². The fraction of sp³-hybridized carbons (Fsp3) is 0.923. The second kappa shape index (κ2) is 6.10. The molecule has 0 bridgehead atoms. The summed E-state index contributed by atoms with van der Waals surface area (Å²) in [6.45, 7) is 10.3. The lowest BCUT2D eigenvalue weighted by Gasteiger charge is -2.22. The zero-order valence-corrected chi connectivity index (χ0v) is 12.1. The van der Waals surface area contributed by atoms with Gasteiger partial charge in [0.15, 0.2) is 5.17 Å². The zero-order chi connectivity index (χ0) is 12.3. The highest BCUT2D eigenvalue weighted by Crippen LogP contribution is 2.20. The monoisotopic (exact) mass is 255 g/mol. The van der Waals surface area contributed by atoms with E-state index in [1.807, 2.05) is 11.8 Å². The second-order valence-corrected chi connectivity index (χ2v) is 6.66. The number of nitrogens with zero attached hydrogens (tertiary/aromatic N) is 2. The van der Waals surface area contributed by atoms with Crippen molar-refractivity contribution in [3.05, 3.63) is 0 Å². The van der Waals surface area contributed by atoms with E-state index in [1.54, 1.807) is 0 Å². The van der Waals surface area contributed by atoms with E-state index in [9.17, 15) is 0 Å². The number of nitrogens with one attached hydrogen (secondary N) is 1. The van der Waals surface area contributed by atoms with Gasteiger partial charge in [0.25, 0.3) is 0 Å². The van der Waals surface area contributed by atoms with E-state index in [-0.39, 0.29) is 0 Å². The van der Waals surface area contributed by atoms with Crippen molar-refractivity contribution in [2.24, 2.45) is 10.9 Å². The largest absolute Gasteiger partial charge is 0.362 e. The molecule has 2 aliphatic rings. The number of hydrogen-bond donors (Lipinski definition) is 1. The van der Waals surface area contributed by atoms with Gasteiger partial charge in [-0.05, 0) is 46.1 Å². The lowest BCUT2D eigenvalue weighted by atomic mass is 10.1. The van der Waals surface area contributed by atoms with Gasteiger partial charge in [-0.1, -0.05) is 11.8 Å². The summed E-state index contributed by atoms with van der Waals surface area (Å²) in [4.78, 5) is 7.32. The SMILES string of the molecule is CC1CCSC(=NCC2CCN(C(C)C)C2)N1. The Hall–Kier alpha value is -0.220. The maximum atomic E-state index is 4.75. The van der Waals surface area contributed by atoms with E-state index in [0.717, 1.165) is 12.5 Å². The van der Waals surface area contributed by atoms with Crippen LogP contribution in [0.25, 0.3) is 0 Å². The van der Waals surface area contributed by atoms with E-state index in [1.165, 1.54) is 36.9 Å². The van der Waals surface area contributed by atoms with Crippen molar-refractivity contribution < 1.29 is 0 Å². The van der Waals surface area contributed by atoms with Crippen LogP contribution in [-0.2, 0) is 0 Å². The number of hydrogen-bond acceptors (Lipinski definition) is 3. The predicted molar refractivity (Wildman–Crippen MR) is 76.8 cm³/mol. The van der Waals surface area contributed by atoms with E-state index in [2.05, 4.69) is 31.0 Å². The van der Waals surface area contributed by atoms with Gasteiger partial charge in [0, 0.05) is 30.9 Å². The first-order valence-corrected chi connectivity index (χ1v) is 7.81. The number of aliphatic imine (C=N–C) groups is 1. The molecule has 0 aromatic rings. The topological polar surface area (TPSA) is 27.6 Å². The first-order chi connectivity index (χ1) is 8.15. The number of thioether (sulfide) groups is 1. The molecule has 1 N–H and O–H groups in total. The lowest BCUT2D eigenvalue weighted by Crippen LogP contribution is -2.36. The van der Waals surface area contributed by atoms with E-state index in [4.69, 9.17) is 4.99 Å². The van der Waals surface area contributed by atoms with E-state index < -0.39 is 0 Å². The van der Waals surface area contributed by atoms with Gasteiger partial charge in [-0.25, -0.2) is 0 Å². The molecule has 2 fully saturated rings. The Labute approximate surface area is 109 Å². The molecule has 2 saturated heterocycles. The molecule has 0 amide bonds. The highest BCUT2D eigenvalue weighted by atomic mass is 32.2. The molecular weight excluding hydrogens is 230 g/mol. The zero-order valence-electron chi connectivity index (χ0n) is 11.3. The molecule has 0 saturated carbocycles. The van der Waals surface area contributed by atoms with Crippen molar-refractivity contribution in [2.45, 2.75) is 45.7 Å². The van der Waals surface area contributed by atoms with Crippen LogP contribution < -0.4 is 5.32 Å². The van der Waals surface area contributed by atoms with Gasteiger partial charge in [-0.2, -0.15) is 0 Å². The molecule has 2 unspecified atom stereocenters. The van der Waals surface area contributed by atoms with Crippen LogP contribution in [0.1, 0.15) is 33.6 Å². The summed E-state index contributed by atoms with van der Waals surface area (Å²) in [6, 6.07) is 1.29. The molecule has 2 heterocycles. The lowest BCUT2D eigenvalue weighted by molar-refractivity contribution is 0.266. The van der Waals surface area contributed by atoms with Gasteiger partial charge in [0.05, 0.1) is 0 Å². The molecule has 17 heavy (non-hydrogen) atoms. The van der Waals surface area contributed by atoms with Crippen LogP contribution in [0.15, 0.2) is 4.99 Å². The van der Waals surface area contributed by atoms with Gasteiger partial charge < -0.3 is 10.2 Å². The number of amidine groups is 1. The highest BCUT2D eigenvalue weighted by molar-refractivity contribution is 8.13. The van der Waals surface area contributed by atoms with Gasteiger partial charge in [-0.15, -0.1) is 0 Å². The minimum absolute atomic E-state index is 0.603. The molecule has 4 heteroatoms. The first kappa shape index (κ1) is 13.2. The van der Waals surface area contributed by atoms with E-state index in [0.29, 0.717) is 12.1 Å². The fourth-order valence-electron chi connectivity index (χ4n) is 2.44. The minimum atomic E-state index is 0.603. The summed E-state index contributed by atoms with van der Waals surface area (Å²) in [5, 5.41) is 4.65. The molecule has 3 nitrogen and oxygen atoms in total. The van der Waals surface area contributed by atoms with Crippen LogP contribution in [0.2, 0.25) is 0 Å². The number of likely N-dealkylation sites (tertiary alicyclic amines) is 1. The quantitative estimate of drug-likeness (QED) is 0.838. The Morgan fingerprint density at radius 2 is 2.29 bits per heavy atom. The van der Waals surface area contributed by atoms with Crippen molar-refractivity contribution in [3.63, 3.8) is 0 Å². The van der Waals surface area contributed by atoms with Crippen molar-refractivity contribution in [2.75, 3.05) is 25.4 Å². The van der Waals surface area contributed by atoms with Gasteiger partial charge in [0.2, 0.25) is 0 Å². The predicted octanol–water partition coefficient (Wildman–Crippen LogP) is 2.19. The van der Waals surface area contributed by atoms with Crippen LogP contribution in [0.5, 0.6) is 0 Å². The molecule has 2 atom stereocenters. The smallest absolute Gasteiger partial charge is 0.156 e. The van der Waals surface area contributed by atoms with Crippen molar-refractivity contribution >= 4 is 16.9 Å². The van der Waals surface area contributed by atoms with Crippen molar-refractivity contribution in [3.8, 4) is 0 Å². The fourth-order valence-corrected chi connectivity index (χ4v) is 3.56. The standard InChI is InChI=1S/C13H25N3S/c1-10(2)16-6-4-12(9-16)8-14-13-15-11(3)5-7-17-13/h10-12H,4-9H2,1-3H3,(H,14,15). The third kappa shape index (κ3) is 3.88. The number of rotatable bonds is 3. The Balaban J connectivity index is 1.76. The Morgan fingerprint density at radius 1 is 1.47 bits per heavy atom. The molecule has 0 spiro atoms. The maximum absolute atomic E-state index is 4.75. The normalized spacial score (nSPS) is 33.3. The summed E-state index contributed by atoms with van der Waals surface area (Å²) in [7, 11) is 0. The Morgan fingerprint density at radius 3 is 2.94 bits per heavy atom. The van der Waals surface area contributed by atoms with Gasteiger partial charge >= 0.3 is 0 Å². The molecule has 2 rings (SSSR count). The third-order valence-electron chi connectivity index (χ3n) is 3.70. The van der Waals surface area contributed by atoms with Gasteiger partial charge in [-0.3, -0.25) is 4.99 Å². The molecule has 2 aliphatic heterocycles. The maximum Gasteiger partial charge on any atom is 0.156 e. The summed E-state index contributed by atoms with van der Waals surface area (Å²) >= 11 is 1.88. The average Bonchev–Trinajstić information content (AvgIpc) is 2.75. The van der Waals surface area contributed by atoms with Crippen LogP contribution >= 0.6 is 11.8 Å². The Kier molecular flexibility index (Phi) is 4.74. The van der Waals surface area contributed by atoms with Crippen molar-refractivity contribution in [1.82, 2.24) is 10.2 Å². The van der Waals surface area contributed by atoms with Crippen LogP contribution in [0.3, 0.4) is 0 Å². The van der Waals surface area contributed by atoms with Crippen molar-refractivity contribution in [1.29, 1.82) is 0 Å². The van der Waals surface area contributed by atoms with Gasteiger partial charge in [0.1, 0.15) is 0 Å². The Bertz CT molecular complexity index is 278.